The normalized spacial score (nSPS) is 18.4. The van der Waals surface area contributed by atoms with E-state index in [1.54, 1.807) is 66.4 Å². The molecule has 0 spiro atoms. The fraction of sp³-hybridized carbons (Fsp3) is 0.345. The van der Waals surface area contributed by atoms with Gasteiger partial charge in [-0.15, -0.1) is 0 Å². The maximum absolute atomic E-state index is 13.7. The smallest absolute Gasteiger partial charge is 0.258 e. The number of hydrogen-bond donors (Lipinski definition) is 2. The summed E-state index contributed by atoms with van der Waals surface area (Å²) in [5.74, 6) is -0.964. The molecule has 3 aromatic rings. The van der Waals surface area contributed by atoms with Crippen LogP contribution in [0.5, 0.6) is 5.75 Å². The predicted octanol–water partition coefficient (Wildman–Crippen LogP) is 3.18. The summed E-state index contributed by atoms with van der Waals surface area (Å²) in [6.45, 7) is 5.46. The first-order valence-electron chi connectivity index (χ1n) is 13.0. The van der Waals surface area contributed by atoms with Gasteiger partial charge in [-0.2, -0.15) is 4.31 Å². The average molecular weight is 567 g/mol. The van der Waals surface area contributed by atoms with Gasteiger partial charge in [-0.3, -0.25) is 14.6 Å². The first kappa shape index (κ1) is 29.2. The van der Waals surface area contributed by atoms with Gasteiger partial charge in [0.2, 0.25) is 10.0 Å². The molecule has 2 heterocycles. The zero-order chi connectivity index (χ0) is 29.0. The van der Waals surface area contributed by atoms with E-state index in [2.05, 4.69) is 10.3 Å². The monoisotopic (exact) mass is 566 g/mol. The molecule has 11 heteroatoms. The Labute approximate surface area is 234 Å². The number of para-hydroxylation sites is 1. The highest BCUT2D eigenvalue weighted by Crippen LogP contribution is 2.35. The number of anilines is 1. The zero-order valence-corrected chi connectivity index (χ0v) is 23.8. The van der Waals surface area contributed by atoms with Crippen molar-refractivity contribution in [3.63, 3.8) is 0 Å². The van der Waals surface area contributed by atoms with Crippen molar-refractivity contribution in [1.82, 2.24) is 14.2 Å². The van der Waals surface area contributed by atoms with E-state index in [1.165, 1.54) is 23.7 Å². The number of aromatic nitrogens is 1. The SMILES string of the molecule is Cc1ccc(S(=O)(=O)N(C)C[C@H]2Oc3c(NC(=O)c4ccncc4)cccc3C(=O)N([C@@H](C)CO)C[C@@H]2C)cc1. The zero-order valence-electron chi connectivity index (χ0n) is 22.9. The maximum Gasteiger partial charge on any atom is 0.258 e. The quantitative estimate of drug-likeness (QED) is 0.428. The van der Waals surface area contributed by atoms with Crippen LogP contribution in [0.25, 0.3) is 0 Å². The fourth-order valence-electron chi connectivity index (χ4n) is 4.50. The molecule has 40 heavy (non-hydrogen) atoms. The summed E-state index contributed by atoms with van der Waals surface area (Å²) in [5.41, 5.74) is 1.79. The van der Waals surface area contributed by atoms with Crippen LogP contribution in [0.2, 0.25) is 0 Å². The van der Waals surface area contributed by atoms with Gasteiger partial charge in [0.25, 0.3) is 11.8 Å². The molecule has 10 nitrogen and oxygen atoms in total. The summed E-state index contributed by atoms with van der Waals surface area (Å²) < 4.78 is 34.4. The van der Waals surface area contributed by atoms with Crippen LogP contribution < -0.4 is 10.1 Å². The van der Waals surface area contributed by atoms with Crippen LogP contribution in [0.3, 0.4) is 0 Å². The van der Waals surface area contributed by atoms with Crippen molar-refractivity contribution in [2.75, 3.05) is 32.1 Å². The highest BCUT2D eigenvalue weighted by Gasteiger charge is 2.36. The van der Waals surface area contributed by atoms with E-state index in [9.17, 15) is 23.1 Å². The van der Waals surface area contributed by atoms with E-state index in [0.717, 1.165) is 5.56 Å². The van der Waals surface area contributed by atoms with E-state index < -0.39 is 28.1 Å². The lowest BCUT2D eigenvalue weighted by atomic mass is 9.99. The third-order valence-electron chi connectivity index (χ3n) is 7.05. The third kappa shape index (κ3) is 6.16. The van der Waals surface area contributed by atoms with Gasteiger partial charge in [0, 0.05) is 37.5 Å². The molecule has 1 aromatic heterocycles. The van der Waals surface area contributed by atoms with E-state index >= 15 is 0 Å². The number of ether oxygens (including phenoxy) is 1. The molecule has 2 aromatic carbocycles. The van der Waals surface area contributed by atoms with Gasteiger partial charge in [-0.25, -0.2) is 8.42 Å². The summed E-state index contributed by atoms with van der Waals surface area (Å²) in [7, 11) is -2.34. The Kier molecular flexibility index (Phi) is 8.87. The van der Waals surface area contributed by atoms with E-state index in [-0.39, 0.29) is 53.4 Å². The Morgan fingerprint density at radius 2 is 1.85 bits per heavy atom. The topological polar surface area (TPSA) is 129 Å². The minimum Gasteiger partial charge on any atom is -0.486 e. The number of likely N-dealkylation sites (N-methyl/N-ethyl adjacent to an activating group) is 1. The Balaban J connectivity index is 1.72. The molecule has 0 saturated carbocycles. The Bertz CT molecular complexity index is 1460. The number of aliphatic hydroxyl groups is 1. The van der Waals surface area contributed by atoms with Crippen molar-refractivity contribution < 1.29 is 27.9 Å². The molecular formula is C29H34N4O6S. The van der Waals surface area contributed by atoms with Crippen LogP contribution >= 0.6 is 0 Å². The van der Waals surface area contributed by atoms with E-state index in [0.29, 0.717) is 5.56 Å². The summed E-state index contributed by atoms with van der Waals surface area (Å²) in [5, 5.41) is 12.7. The molecule has 0 radical (unpaired) electrons. The molecule has 0 aliphatic carbocycles. The first-order chi connectivity index (χ1) is 19.0. The summed E-state index contributed by atoms with van der Waals surface area (Å²) in [6.07, 6.45) is 2.31. The van der Waals surface area contributed by atoms with Gasteiger partial charge in [0.05, 0.1) is 35.3 Å². The van der Waals surface area contributed by atoms with Gasteiger partial charge in [0.1, 0.15) is 6.10 Å². The first-order valence-corrected chi connectivity index (χ1v) is 14.4. The van der Waals surface area contributed by atoms with Gasteiger partial charge in [0.15, 0.2) is 5.75 Å². The van der Waals surface area contributed by atoms with Crippen molar-refractivity contribution in [3.05, 3.63) is 83.7 Å². The highest BCUT2D eigenvalue weighted by molar-refractivity contribution is 7.89. The molecule has 1 aliphatic rings. The second-order valence-electron chi connectivity index (χ2n) is 10.1. The van der Waals surface area contributed by atoms with Crippen LogP contribution in [0.1, 0.15) is 40.1 Å². The number of aryl methyl sites for hydroxylation is 1. The van der Waals surface area contributed by atoms with Crippen molar-refractivity contribution in [2.24, 2.45) is 5.92 Å². The lowest BCUT2D eigenvalue weighted by Crippen LogP contribution is -2.50. The maximum atomic E-state index is 13.7. The number of nitrogens with one attached hydrogen (secondary N) is 1. The number of nitrogens with zero attached hydrogens (tertiary/aromatic N) is 3. The number of carbonyl (C=O) groups is 2. The number of hydrogen-bond acceptors (Lipinski definition) is 7. The van der Waals surface area contributed by atoms with Crippen molar-refractivity contribution in [3.8, 4) is 5.75 Å². The standard InChI is InChI=1S/C29H34N4O6S/c1-19-8-10-23(11-9-19)40(37,38)32(4)17-26-20(2)16-33(21(3)18-34)29(36)24-6-5-7-25(27(24)39-26)31-28(35)22-12-14-30-15-13-22/h5-15,20-21,26,34H,16-18H2,1-4H3,(H,31,35)/t20-,21-,26+/m0/s1. The number of rotatable bonds is 8. The van der Waals surface area contributed by atoms with Crippen LogP contribution in [-0.4, -0.2) is 78.4 Å². The van der Waals surface area contributed by atoms with E-state index in [1.807, 2.05) is 13.8 Å². The van der Waals surface area contributed by atoms with E-state index in [4.69, 9.17) is 4.74 Å². The highest BCUT2D eigenvalue weighted by atomic mass is 32.2. The fourth-order valence-corrected chi connectivity index (χ4v) is 5.68. The molecule has 1 aliphatic heterocycles. The lowest BCUT2D eigenvalue weighted by molar-refractivity contribution is 0.0388. The molecular weight excluding hydrogens is 532 g/mol. The molecule has 3 atom stereocenters. The molecule has 2 amide bonds. The summed E-state index contributed by atoms with van der Waals surface area (Å²) in [6, 6.07) is 14.1. The number of sulfonamides is 1. The minimum absolute atomic E-state index is 0.0149. The minimum atomic E-state index is -3.83. The molecule has 0 bridgehead atoms. The molecule has 0 fully saturated rings. The van der Waals surface area contributed by atoms with Crippen LogP contribution in [-0.2, 0) is 10.0 Å². The molecule has 0 saturated heterocycles. The number of amides is 2. The van der Waals surface area contributed by atoms with Gasteiger partial charge < -0.3 is 20.1 Å². The molecule has 212 valence electrons. The lowest BCUT2D eigenvalue weighted by Gasteiger charge is -2.38. The number of carbonyl (C=O) groups excluding carboxylic acids is 2. The second kappa shape index (κ2) is 12.2. The van der Waals surface area contributed by atoms with Crippen LogP contribution in [0.15, 0.2) is 71.9 Å². The summed E-state index contributed by atoms with van der Waals surface area (Å²) >= 11 is 0. The number of aliphatic hydroxyl groups excluding tert-OH is 1. The third-order valence-corrected chi connectivity index (χ3v) is 8.89. The molecule has 2 N–H and O–H groups in total. The van der Waals surface area contributed by atoms with Crippen molar-refractivity contribution in [1.29, 1.82) is 0 Å². The van der Waals surface area contributed by atoms with Gasteiger partial charge in [-0.1, -0.05) is 30.7 Å². The van der Waals surface area contributed by atoms with Crippen molar-refractivity contribution in [2.45, 2.75) is 37.8 Å². The number of benzene rings is 2. The summed E-state index contributed by atoms with van der Waals surface area (Å²) in [4.78, 5) is 32.3. The second-order valence-corrected chi connectivity index (χ2v) is 12.1. The van der Waals surface area contributed by atoms with Crippen LogP contribution in [0, 0.1) is 12.8 Å². The number of fused-ring (bicyclic) bond motifs is 1. The van der Waals surface area contributed by atoms with Crippen molar-refractivity contribution >= 4 is 27.5 Å². The Morgan fingerprint density at radius 3 is 2.50 bits per heavy atom. The Hall–Kier alpha value is -3.80. The predicted molar refractivity (Wildman–Crippen MR) is 151 cm³/mol. The molecule has 4 rings (SSSR count). The van der Waals surface area contributed by atoms with Gasteiger partial charge in [-0.05, 0) is 50.2 Å². The average Bonchev–Trinajstić information content (AvgIpc) is 2.95. The largest absolute Gasteiger partial charge is 0.486 e. The Morgan fingerprint density at radius 1 is 1.18 bits per heavy atom. The van der Waals surface area contributed by atoms with Gasteiger partial charge >= 0.3 is 0 Å². The van der Waals surface area contributed by atoms with Crippen LogP contribution in [0.4, 0.5) is 5.69 Å². The number of pyridine rings is 1. The molecule has 0 unspecified atom stereocenters.